The summed E-state index contributed by atoms with van der Waals surface area (Å²) in [4.78, 5) is 0. The Labute approximate surface area is 129 Å². The Kier molecular flexibility index (Phi) is 5.82. The summed E-state index contributed by atoms with van der Waals surface area (Å²) in [6, 6.07) is 2.92. The second-order valence-corrected chi connectivity index (χ2v) is 6.52. The molecule has 0 bridgehead atoms. The molecule has 0 aliphatic heterocycles. The summed E-state index contributed by atoms with van der Waals surface area (Å²) < 4.78 is 8.06. The first-order valence-electron chi connectivity index (χ1n) is 8.44. The van der Waals surface area contributed by atoms with Crippen molar-refractivity contribution in [3.05, 3.63) is 18.0 Å². The van der Waals surface area contributed by atoms with Gasteiger partial charge in [-0.3, -0.25) is 4.68 Å². The largest absolute Gasteiger partial charge is 0.377 e. The van der Waals surface area contributed by atoms with E-state index in [4.69, 9.17) is 9.84 Å². The summed E-state index contributed by atoms with van der Waals surface area (Å²) in [5.41, 5.74) is 1.15. The van der Waals surface area contributed by atoms with Crippen LogP contribution in [0.2, 0.25) is 0 Å². The average molecular weight is 293 g/mol. The minimum absolute atomic E-state index is 0.0180. The van der Waals surface area contributed by atoms with Gasteiger partial charge in [0.05, 0.1) is 11.3 Å². The summed E-state index contributed by atoms with van der Waals surface area (Å²) in [7, 11) is 1.88. The Hall–Kier alpha value is -0.870. The molecule has 1 atom stereocenters. The molecule has 1 fully saturated rings. The van der Waals surface area contributed by atoms with E-state index in [1.807, 2.05) is 11.8 Å². The molecule has 2 rings (SSSR count). The van der Waals surface area contributed by atoms with E-state index in [-0.39, 0.29) is 5.60 Å². The Morgan fingerprint density at radius 3 is 2.57 bits per heavy atom. The van der Waals surface area contributed by atoms with Gasteiger partial charge in [-0.2, -0.15) is 5.10 Å². The lowest BCUT2D eigenvalue weighted by molar-refractivity contribution is -0.0671. The number of rotatable bonds is 7. The number of ether oxygens (including phenoxy) is 1. The van der Waals surface area contributed by atoms with Crippen LogP contribution in [0, 0.1) is 0 Å². The van der Waals surface area contributed by atoms with Gasteiger partial charge < -0.3 is 10.1 Å². The van der Waals surface area contributed by atoms with Crippen molar-refractivity contribution in [2.24, 2.45) is 0 Å². The number of hydrogen-bond acceptors (Lipinski definition) is 3. The van der Waals surface area contributed by atoms with Gasteiger partial charge in [0, 0.05) is 31.8 Å². The van der Waals surface area contributed by atoms with Crippen LogP contribution in [0.15, 0.2) is 12.3 Å². The molecule has 1 N–H and O–H groups in total. The molecule has 1 heterocycles. The van der Waals surface area contributed by atoms with Gasteiger partial charge in [0.25, 0.3) is 0 Å². The van der Waals surface area contributed by atoms with E-state index >= 15 is 0 Å². The summed E-state index contributed by atoms with van der Waals surface area (Å²) in [6.45, 7) is 7.47. The lowest BCUT2D eigenvalue weighted by Crippen LogP contribution is -2.54. The highest BCUT2D eigenvalue weighted by atomic mass is 16.5. The highest BCUT2D eigenvalue weighted by Crippen LogP contribution is 2.35. The summed E-state index contributed by atoms with van der Waals surface area (Å²) in [6.07, 6.45) is 9.24. The standard InChI is InChI=1S/C17H31N3O/c1-5-18-16(17(21-4)10-7-6-8-11-17)13-15-9-12-20(19-15)14(2)3/h9,12,14,16,18H,5-8,10-11,13H2,1-4H3. The van der Waals surface area contributed by atoms with Gasteiger partial charge in [-0.1, -0.05) is 26.2 Å². The summed E-state index contributed by atoms with van der Waals surface area (Å²) in [5, 5.41) is 8.37. The summed E-state index contributed by atoms with van der Waals surface area (Å²) >= 11 is 0. The predicted molar refractivity (Wildman–Crippen MR) is 86.6 cm³/mol. The highest BCUT2D eigenvalue weighted by Gasteiger charge is 2.39. The van der Waals surface area contributed by atoms with E-state index < -0.39 is 0 Å². The minimum atomic E-state index is -0.0180. The number of nitrogens with one attached hydrogen (secondary N) is 1. The van der Waals surface area contributed by atoms with Gasteiger partial charge in [-0.15, -0.1) is 0 Å². The van der Waals surface area contributed by atoms with Crippen LogP contribution in [0.1, 0.15) is 64.6 Å². The van der Waals surface area contributed by atoms with E-state index in [2.05, 4.69) is 38.4 Å². The molecule has 1 aromatic rings. The van der Waals surface area contributed by atoms with Crippen molar-refractivity contribution in [1.29, 1.82) is 0 Å². The molecule has 1 aliphatic carbocycles. The third kappa shape index (κ3) is 3.86. The minimum Gasteiger partial charge on any atom is -0.377 e. The maximum Gasteiger partial charge on any atom is 0.0834 e. The fourth-order valence-corrected chi connectivity index (χ4v) is 3.52. The first kappa shape index (κ1) is 16.5. The highest BCUT2D eigenvalue weighted by molar-refractivity contribution is 5.07. The molecule has 0 radical (unpaired) electrons. The molecule has 4 nitrogen and oxygen atoms in total. The predicted octanol–water partition coefficient (Wildman–Crippen LogP) is 3.33. The van der Waals surface area contributed by atoms with Gasteiger partial charge in [-0.25, -0.2) is 0 Å². The molecule has 0 spiro atoms. The van der Waals surface area contributed by atoms with Crippen molar-refractivity contribution in [1.82, 2.24) is 15.1 Å². The second-order valence-electron chi connectivity index (χ2n) is 6.52. The molecule has 1 aliphatic rings. The Morgan fingerprint density at radius 1 is 1.33 bits per heavy atom. The van der Waals surface area contributed by atoms with E-state index in [0.29, 0.717) is 12.1 Å². The molecule has 21 heavy (non-hydrogen) atoms. The van der Waals surface area contributed by atoms with Crippen LogP contribution >= 0.6 is 0 Å². The fraction of sp³-hybridized carbons (Fsp3) is 0.824. The van der Waals surface area contributed by atoms with Gasteiger partial charge in [-0.05, 0) is 39.3 Å². The van der Waals surface area contributed by atoms with Gasteiger partial charge in [0.15, 0.2) is 0 Å². The van der Waals surface area contributed by atoms with Gasteiger partial charge in [0.1, 0.15) is 0 Å². The SMILES string of the molecule is CCNC(Cc1ccn(C(C)C)n1)C1(OC)CCCCC1. The lowest BCUT2D eigenvalue weighted by atomic mass is 9.77. The zero-order valence-electron chi connectivity index (χ0n) is 14.1. The van der Waals surface area contributed by atoms with Crippen molar-refractivity contribution >= 4 is 0 Å². The van der Waals surface area contributed by atoms with Crippen LogP contribution in [0.5, 0.6) is 0 Å². The number of methoxy groups -OCH3 is 1. The molecule has 1 saturated carbocycles. The van der Waals surface area contributed by atoms with Crippen LogP contribution in [0.3, 0.4) is 0 Å². The number of aromatic nitrogens is 2. The quantitative estimate of drug-likeness (QED) is 0.838. The topological polar surface area (TPSA) is 39.1 Å². The van der Waals surface area contributed by atoms with Crippen molar-refractivity contribution < 1.29 is 4.74 Å². The van der Waals surface area contributed by atoms with Crippen molar-refractivity contribution in [3.8, 4) is 0 Å². The van der Waals surface area contributed by atoms with E-state index in [1.165, 1.54) is 19.3 Å². The van der Waals surface area contributed by atoms with E-state index in [1.54, 1.807) is 0 Å². The number of nitrogens with zero attached hydrogens (tertiary/aromatic N) is 2. The third-order valence-corrected chi connectivity index (χ3v) is 4.80. The van der Waals surface area contributed by atoms with Crippen LogP contribution < -0.4 is 5.32 Å². The smallest absolute Gasteiger partial charge is 0.0834 e. The molecule has 0 saturated heterocycles. The van der Waals surface area contributed by atoms with Gasteiger partial charge in [0.2, 0.25) is 0 Å². The van der Waals surface area contributed by atoms with E-state index in [0.717, 1.165) is 31.5 Å². The normalized spacial score (nSPS) is 19.9. The van der Waals surface area contributed by atoms with Crippen molar-refractivity contribution in [2.75, 3.05) is 13.7 Å². The Balaban J connectivity index is 2.13. The molecule has 120 valence electrons. The zero-order valence-corrected chi connectivity index (χ0v) is 14.1. The Bertz CT molecular complexity index is 421. The Morgan fingerprint density at radius 2 is 2.05 bits per heavy atom. The fourth-order valence-electron chi connectivity index (χ4n) is 3.52. The molecular formula is C17H31N3O. The lowest BCUT2D eigenvalue weighted by Gasteiger charge is -2.42. The maximum absolute atomic E-state index is 6.02. The van der Waals surface area contributed by atoms with Crippen LogP contribution in [-0.2, 0) is 11.2 Å². The molecule has 0 amide bonds. The maximum atomic E-state index is 6.02. The molecule has 0 aromatic carbocycles. The monoisotopic (exact) mass is 293 g/mol. The van der Waals surface area contributed by atoms with Crippen molar-refractivity contribution in [2.45, 2.75) is 77.0 Å². The first-order chi connectivity index (χ1) is 10.1. The second kappa shape index (κ2) is 7.41. The van der Waals surface area contributed by atoms with Gasteiger partial charge >= 0.3 is 0 Å². The molecule has 1 aromatic heterocycles. The average Bonchev–Trinajstić information content (AvgIpc) is 2.96. The van der Waals surface area contributed by atoms with Crippen LogP contribution in [-0.4, -0.2) is 35.1 Å². The molecule has 4 heteroatoms. The first-order valence-corrected chi connectivity index (χ1v) is 8.44. The third-order valence-electron chi connectivity index (χ3n) is 4.80. The zero-order chi connectivity index (χ0) is 15.3. The molecule has 1 unspecified atom stereocenters. The number of likely N-dealkylation sites (N-methyl/N-ethyl adjacent to an activating group) is 1. The molecular weight excluding hydrogens is 262 g/mol. The number of hydrogen-bond donors (Lipinski definition) is 1. The van der Waals surface area contributed by atoms with Crippen LogP contribution in [0.25, 0.3) is 0 Å². The van der Waals surface area contributed by atoms with Crippen molar-refractivity contribution in [3.63, 3.8) is 0 Å². The van der Waals surface area contributed by atoms with E-state index in [9.17, 15) is 0 Å². The summed E-state index contributed by atoms with van der Waals surface area (Å²) in [5.74, 6) is 0. The van der Waals surface area contributed by atoms with Crippen LogP contribution in [0.4, 0.5) is 0 Å².